The van der Waals surface area contributed by atoms with Gasteiger partial charge in [-0.15, -0.1) is 0 Å². The number of alkyl halides is 3. The first kappa shape index (κ1) is 10.6. The second-order valence-electron chi connectivity index (χ2n) is 4.10. The van der Waals surface area contributed by atoms with Crippen LogP contribution in [0.3, 0.4) is 0 Å². The van der Waals surface area contributed by atoms with Gasteiger partial charge >= 0.3 is 6.18 Å². The molecule has 1 atom stereocenters. The van der Waals surface area contributed by atoms with E-state index in [4.69, 9.17) is 16.0 Å². The molecule has 0 aromatic carbocycles. The molecule has 0 fully saturated rings. The quantitative estimate of drug-likeness (QED) is 0.505. The van der Waals surface area contributed by atoms with Crippen LogP contribution < -0.4 is 16.1 Å². The van der Waals surface area contributed by atoms with Crippen molar-refractivity contribution in [2.45, 2.75) is 6.18 Å². The van der Waals surface area contributed by atoms with Crippen molar-refractivity contribution in [1.29, 1.82) is 0 Å². The number of aromatic nitrogens is 1. The normalized spacial score (nSPS) is 22.9. The van der Waals surface area contributed by atoms with Gasteiger partial charge in [-0.3, -0.25) is 4.98 Å². The Kier molecular flexibility index (Phi) is 1.58. The minimum absolute atomic E-state index is 0.113. The summed E-state index contributed by atoms with van der Waals surface area (Å²) < 4.78 is 54.3. The molecule has 0 spiro atoms. The van der Waals surface area contributed by atoms with Gasteiger partial charge in [0.1, 0.15) is 5.69 Å². The zero-order chi connectivity index (χ0) is 12.9. The highest BCUT2D eigenvalue weighted by Gasteiger charge is 2.75. The number of hydrogen-bond donors (Lipinski definition) is 0. The maximum Gasteiger partial charge on any atom is 0.417 e. The summed E-state index contributed by atoms with van der Waals surface area (Å²) >= 11 is 5.77. The summed E-state index contributed by atoms with van der Waals surface area (Å²) in [4.78, 5) is 3.67. The van der Waals surface area contributed by atoms with Crippen LogP contribution >= 0.6 is 18.7 Å². The second-order valence-corrected chi connectivity index (χ2v) is 7.02. The number of hydrogen-bond acceptors (Lipinski definition) is 3. The molecule has 92 valence electrons. The molecule has 3 aliphatic heterocycles. The van der Waals surface area contributed by atoms with Crippen molar-refractivity contribution in [2.24, 2.45) is 0 Å². The molecule has 3 aliphatic rings. The molecule has 18 heavy (non-hydrogen) atoms. The molecule has 1 unspecified atom stereocenters. The van der Waals surface area contributed by atoms with E-state index in [9.17, 15) is 17.7 Å². The minimum Gasteiger partial charge on any atom is -0.449 e. The molecule has 3 nitrogen and oxygen atoms in total. The van der Waals surface area contributed by atoms with Gasteiger partial charge in [0.15, 0.2) is 11.3 Å². The van der Waals surface area contributed by atoms with E-state index in [-0.39, 0.29) is 16.5 Å². The Morgan fingerprint density at radius 3 is 2.44 bits per heavy atom. The molecule has 5 heterocycles. The third-order valence-corrected chi connectivity index (χ3v) is 5.88. The van der Waals surface area contributed by atoms with E-state index in [1.807, 2.05) is 0 Å². The van der Waals surface area contributed by atoms with Crippen molar-refractivity contribution >= 4 is 34.9 Å². The summed E-state index contributed by atoms with van der Waals surface area (Å²) in [6.45, 7) is 0. The average Bonchev–Trinajstić information content (AvgIpc) is 2.91. The summed E-state index contributed by atoms with van der Waals surface area (Å²) in [5.74, 6) is 0.252. The van der Waals surface area contributed by atoms with Gasteiger partial charge in [-0.05, 0) is 6.07 Å². The lowest BCUT2D eigenvalue weighted by atomic mass is 10.2. The van der Waals surface area contributed by atoms with Crippen LogP contribution in [-0.4, -0.2) is 4.98 Å². The van der Waals surface area contributed by atoms with E-state index in [2.05, 4.69) is 4.98 Å². The lowest BCUT2D eigenvalue weighted by Crippen LogP contribution is -2.06. The van der Waals surface area contributed by atoms with Crippen LogP contribution in [0, 0.1) is 0 Å². The highest BCUT2D eigenvalue weighted by molar-refractivity contribution is 8.06. The van der Waals surface area contributed by atoms with Crippen LogP contribution in [0.25, 0.3) is 11.5 Å². The Morgan fingerprint density at radius 2 is 2.00 bits per heavy atom. The maximum absolute atomic E-state index is 12.4. The fraction of sp³-hybridized carbons (Fsp3) is 0.100. The molecule has 0 saturated carbocycles. The molecular formula is C10H2ClF3NO2P. The molecule has 2 aromatic rings. The Labute approximate surface area is 103 Å². The smallest absolute Gasteiger partial charge is 0.417 e. The lowest BCUT2D eigenvalue weighted by molar-refractivity contribution is -0.137. The van der Waals surface area contributed by atoms with Crippen LogP contribution in [0.15, 0.2) is 16.7 Å². The molecule has 0 aliphatic carbocycles. The fourth-order valence-corrected chi connectivity index (χ4v) is 4.76. The predicted octanol–water partition coefficient (Wildman–Crippen LogP) is 2.28. The van der Waals surface area contributed by atoms with Crippen LogP contribution in [0.2, 0.25) is 5.02 Å². The standard InChI is InChI=1S/C10H2ClF3NO2P/c11-4-1-3(10(12,13)14)2-15-5(4)6-7-8-9(17-6)18(7,8)16/h1-2H. The summed E-state index contributed by atoms with van der Waals surface area (Å²) in [6.07, 6.45) is -3.80. The van der Waals surface area contributed by atoms with Crippen molar-refractivity contribution in [2.75, 3.05) is 0 Å². The molecule has 0 N–H and O–H groups in total. The van der Waals surface area contributed by atoms with E-state index >= 15 is 0 Å². The Hall–Kier alpha value is -1.26. The largest absolute Gasteiger partial charge is 0.449 e. The minimum atomic E-state index is -4.49. The third-order valence-electron chi connectivity index (χ3n) is 3.04. The number of nitrogens with zero attached hydrogens (tertiary/aromatic N) is 1. The molecule has 5 rings (SSSR count). The molecule has 2 bridgehead atoms. The van der Waals surface area contributed by atoms with E-state index in [0.29, 0.717) is 17.0 Å². The van der Waals surface area contributed by atoms with Crippen molar-refractivity contribution in [3.8, 4) is 11.5 Å². The van der Waals surface area contributed by atoms with Gasteiger partial charge in [0.25, 0.3) is 0 Å². The zero-order valence-electron chi connectivity index (χ0n) is 8.38. The summed E-state index contributed by atoms with van der Waals surface area (Å²) in [5.41, 5.74) is -0.348. The van der Waals surface area contributed by atoms with Gasteiger partial charge in [-0.2, -0.15) is 13.2 Å². The third kappa shape index (κ3) is 1.04. The van der Waals surface area contributed by atoms with E-state index in [1.54, 1.807) is 0 Å². The molecule has 0 radical (unpaired) electrons. The fourth-order valence-electron chi connectivity index (χ4n) is 2.02. The van der Waals surface area contributed by atoms with Gasteiger partial charge in [0.05, 0.1) is 21.2 Å². The van der Waals surface area contributed by atoms with Crippen molar-refractivity contribution < 1.29 is 22.2 Å². The number of halogens is 4. The SMILES string of the molecule is O=P12c3oc(-c4ncc(C(F)(F)F)cc4Cl)c1c32. The zero-order valence-corrected chi connectivity index (χ0v) is 10.0. The van der Waals surface area contributed by atoms with Crippen molar-refractivity contribution in [3.05, 3.63) is 22.8 Å². The van der Waals surface area contributed by atoms with Crippen LogP contribution in [-0.2, 0) is 10.7 Å². The topological polar surface area (TPSA) is 43.1 Å². The highest BCUT2D eigenvalue weighted by atomic mass is 35.5. The first-order valence-electron chi connectivity index (χ1n) is 4.87. The first-order valence-corrected chi connectivity index (χ1v) is 6.95. The van der Waals surface area contributed by atoms with Gasteiger partial charge in [0, 0.05) is 6.20 Å². The highest BCUT2D eigenvalue weighted by Crippen LogP contribution is 2.70. The first-order chi connectivity index (χ1) is 8.35. The monoisotopic (exact) mass is 291 g/mol. The van der Waals surface area contributed by atoms with Gasteiger partial charge in [-0.1, -0.05) is 11.6 Å². The van der Waals surface area contributed by atoms with Gasteiger partial charge in [-0.25, -0.2) is 0 Å². The molecular weight excluding hydrogens is 290 g/mol. The van der Waals surface area contributed by atoms with Crippen LogP contribution in [0.4, 0.5) is 13.2 Å². The number of pyridine rings is 1. The number of rotatable bonds is 1. The summed E-state index contributed by atoms with van der Waals surface area (Å²) in [5, 5.41) is 1.15. The lowest BCUT2D eigenvalue weighted by Gasteiger charge is -2.07. The molecule has 0 amide bonds. The van der Waals surface area contributed by atoms with Crippen LogP contribution in [0.1, 0.15) is 5.56 Å². The predicted molar refractivity (Wildman–Crippen MR) is 58.5 cm³/mol. The van der Waals surface area contributed by atoms with Gasteiger partial charge in [0.2, 0.25) is 7.14 Å². The Bertz CT molecular complexity index is 771. The summed E-state index contributed by atoms with van der Waals surface area (Å²) in [7, 11) is -2.41. The Balaban J connectivity index is 1.83. The second kappa shape index (κ2) is 2.68. The Morgan fingerprint density at radius 1 is 1.33 bits per heavy atom. The van der Waals surface area contributed by atoms with Crippen LogP contribution in [0.5, 0.6) is 0 Å². The number of fused-ring (bicyclic) bond motifs is 1. The van der Waals surface area contributed by atoms with E-state index < -0.39 is 18.9 Å². The van der Waals surface area contributed by atoms with Gasteiger partial charge < -0.3 is 8.98 Å². The van der Waals surface area contributed by atoms with Crippen molar-refractivity contribution in [3.63, 3.8) is 0 Å². The molecule has 2 aromatic heterocycles. The van der Waals surface area contributed by atoms with Crippen molar-refractivity contribution in [1.82, 2.24) is 4.98 Å². The maximum atomic E-state index is 12.4. The summed E-state index contributed by atoms with van der Waals surface area (Å²) in [6, 6.07) is 0.789. The molecule has 0 saturated heterocycles. The number of furan rings is 1. The van der Waals surface area contributed by atoms with E-state index in [1.165, 1.54) is 0 Å². The molecule has 8 heteroatoms. The average molecular weight is 292 g/mol. The van der Waals surface area contributed by atoms with E-state index in [0.717, 1.165) is 11.4 Å².